The van der Waals surface area contributed by atoms with Gasteiger partial charge in [-0.15, -0.1) is 0 Å². The van der Waals surface area contributed by atoms with Crippen LogP contribution in [-0.2, 0) is 0 Å². The predicted molar refractivity (Wildman–Crippen MR) is 90.2 cm³/mol. The average molecular weight is 283 g/mol. The Morgan fingerprint density at radius 2 is 1.85 bits per heavy atom. The Labute approximate surface area is 127 Å². The Balaban J connectivity index is 2.13. The zero-order chi connectivity index (χ0) is 15.1. The molecule has 0 spiro atoms. The minimum atomic E-state index is 0.729. The molecule has 0 radical (unpaired) electrons. The molecule has 0 saturated carbocycles. The Bertz CT molecular complexity index is 252. The van der Waals surface area contributed by atoms with E-state index in [4.69, 9.17) is 0 Å². The van der Waals surface area contributed by atoms with E-state index in [-0.39, 0.29) is 0 Å². The zero-order valence-electron chi connectivity index (χ0n) is 14.9. The van der Waals surface area contributed by atoms with Crippen molar-refractivity contribution in [3.05, 3.63) is 0 Å². The van der Waals surface area contributed by atoms with Crippen LogP contribution in [0.25, 0.3) is 0 Å². The average Bonchev–Trinajstić information content (AvgIpc) is 2.90. The van der Waals surface area contributed by atoms with E-state index in [2.05, 4.69) is 51.5 Å². The molecular formula is C18H38N2. The van der Waals surface area contributed by atoms with Crippen molar-refractivity contribution in [2.45, 2.75) is 66.3 Å². The van der Waals surface area contributed by atoms with Gasteiger partial charge in [0.1, 0.15) is 0 Å². The smallest absolute Gasteiger partial charge is 0.00612 e. The van der Waals surface area contributed by atoms with Gasteiger partial charge < -0.3 is 9.80 Å². The van der Waals surface area contributed by atoms with Crippen LogP contribution in [0.2, 0.25) is 0 Å². The highest BCUT2D eigenvalue weighted by Gasteiger charge is 2.24. The van der Waals surface area contributed by atoms with E-state index in [1.54, 1.807) is 0 Å². The SMILES string of the molecule is CCC(C)N(C)CCC(C)CCN1CCC(C(C)C)C1. The molecule has 1 saturated heterocycles. The van der Waals surface area contributed by atoms with Crippen molar-refractivity contribution >= 4 is 0 Å². The molecule has 0 aromatic heterocycles. The van der Waals surface area contributed by atoms with Gasteiger partial charge in [0.2, 0.25) is 0 Å². The van der Waals surface area contributed by atoms with Gasteiger partial charge in [-0.2, -0.15) is 0 Å². The summed E-state index contributed by atoms with van der Waals surface area (Å²) in [6, 6.07) is 0.729. The topological polar surface area (TPSA) is 6.48 Å². The number of nitrogens with zero attached hydrogens (tertiary/aromatic N) is 2. The highest BCUT2D eigenvalue weighted by Crippen LogP contribution is 2.24. The summed E-state index contributed by atoms with van der Waals surface area (Å²) >= 11 is 0. The van der Waals surface area contributed by atoms with E-state index in [9.17, 15) is 0 Å². The number of hydrogen-bond donors (Lipinski definition) is 0. The summed E-state index contributed by atoms with van der Waals surface area (Å²) in [4.78, 5) is 5.21. The molecule has 3 atom stereocenters. The molecule has 20 heavy (non-hydrogen) atoms. The molecule has 0 amide bonds. The van der Waals surface area contributed by atoms with Crippen molar-refractivity contribution in [3.63, 3.8) is 0 Å². The Hall–Kier alpha value is -0.0800. The molecule has 2 heteroatoms. The van der Waals surface area contributed by atoms with Gasteiger partial charge in [-0.25, -0.2) is 0 Å². The fraction of sp³-hybridized carbons (Fsp3) is 1.00. The largest absolute Gasteiger partial charge is 0.304 e. The van der Waals surface area contributed by atoms with Gasteiger partial charge in [0.05, 0.1) is 0 Å². The van der Waals surface area contributed by atoms with Crippen molar-refractivity contribution < 1.29 is 0 Å². The molecule has 0 aliphatic carbocycles. The van der Waals surface area contributed by atoms with E-state index in [0.717, 1.165) is 23.8 Å². The maximum atomic E-state index is 2.69. The molecule has 1 rings (SSSR count). The minimum absolute atomic E-state index is 0.729. The van der Waals surface area contributed by atoms with E-state index in [1.165, 1.54) is 51.9 Å². The molecule has 1 fully saturated rings. The third kappa shape index (κ3) is 6.13. The summed E-state index contributed by atoms with van der Waals surface area (Å²) in [7, 11) is 2.27. The quantitative estimate of drug-likeness (QED) is 0.628. The van der Waals surface area contributed by atoms with Crippen LogP contribution in [0.15, 0.2) is 0 Å². The van der Waals surface area contributed by atoms with Crippen molar-refractivity contribution in [2.24, 2.45) is 17.8 Å². The maximum Gasteiger partial charge on any atom is 0.00612 e. The van der Waals surface area contributed by atoms with Crippen LogP contribution in [0.1, 0.15) is 60.3 Å². The van der Waals surface area contributed by atoms with Gasteiger partial charge in [-0.05, 0) is 77.0 Å². The molecule has 0 N–H and O–H groups in total. The fourth-order valence-corrected chi connectivity index (χ4v) is 3.11. The van der Waals surface area contributed by atoms with E-state index in [0.29, 0.717) is 0 Å². The van der Waals surface area contributed by atoms with Crippen molar-refractivity contribution in [1.29, 1.82) is 0 Å². The predicted octanol–water partition coefficient (Wildman–Crippen LogP) is 4.11. The maximum absolute atomic E-state index is 2.69. The lowest BCUT2D eigenvalue weighted by molar-refractivity contribution is 0.223. The third-order valence-electron chi connectivity index (χ3n) is 5.51. The van der Waals surface area contributed by atoms with E-state index >= 15 is 0 Å². The first kappa shape index (κ1) is 18.0. The second kappa shape index (κ2) is 9.04. The molecule has 2 nitrogen and oxygen atoms in total. The molecule has 3 unspecified atom stereocenters. The molecule has 1 aliphatic heterocycles. The van der Waals surface area contributed by atoms with E-state index in [1.807, 2.05) is 0 Å². The lowest BCUT2D eigenvalue weighted by atomic mass is 9.95. The summed E-state index contributed by atoms with van der Waals surface area (Å²) in [6.07, 6.45) is 5.40. The van der Waals surface area contributed by atoms with E-state index < -0.39 is 0 Å². The third-order valence-corrected chi connectivity index (χ3v) is 5.51. The van der Waals surface area contributed by atoms with Crippen molar-refractivity contribution in [1.82, 2.24) is 9.80 Å². The highest BCUT2D eigenvalue weighted by atomic mass is 15.1. The van der Waals surface area contributed by atoms with Crippen LogP contribution in [0.4, 0.5) is 0 Å². The molecule has 0 aromatic rings. The Morgan fingerprint density at radius 3 is 2.40 bits per heavy atom. The molecule has 1 aliphatic rings. The summed E-state index contributed by atoms with van der Waals surface area (Å²) in [6.45, 7) is 17.1. The lowest BCUT2D eigenvalue weighted by Gasteiger charge is -2.25. The summed E-state index contributed by atoms with van der Waals surface area (Å²) in [5.74, 6) is 2.67. The molecule has 120 valence electrons. The standard InChI is InChI=1S/C18H38N2/c1-7-17(5)19(6)11-8-16(4)9-12-20-13-10-18(14-20)15(2)3/h15-18H,7-14H2,1-6H3. The number of likely N-dealkylation sites (tertiary alicyclic amines) is 1. The van der Waals surface area contributed by atoms with Crippen LogP contribution in [0.3, 0.4) is 0 Å². The normalized spacial score (nSPS) is 23.7. The van der Waals surface area contributed by atoms with Gasteiger partial charge >= 0.3 is 0 Å². The fourth-order valence-electron chi connectivity index (χ4n) is 3.11. The van der Waals surface area contributed by atoms with Crippen LogP contribution >= 0.6 is 0 Å². The lowest BCUT2D eigenvalue weighted by Crippen LogP contribution is -2.30. The van der Waals surface area contributed by atoms with Gasteiger partial charge in [-0.3, -0.25) is 0 Å². The highest BCUT2D eigenvalue weighted by molar-refractivity contribution is 4.78. The number of hydrogen-bond acceptors (Lipinski definition) is 2. The van der Waals surface area contributed by atoms with Gasteiger partial charge in [0, 0.05) is 12.6 Å². The van der Waals surface area contributed by atoms with Gasteiger partial charge in [0.25, 0.3) is 0 Å². The molecular weight excluding hydrogens is 244 g/mol. The number of rotatable bonds is 9. The molecule has 1 heterocycles. The second-order valence-electron chi connectivity index (χ2n) is 7.51. The monoisotopic (exact) mass is 282 g/mol. The molecule has 0 aromatic carbocycles. The molecule has 0 bridgehead atoms. The van der Waals surface area contributed by atoms with Crippen LogP contribution in [0.5, 0.6) is 0 Å². The first-order valence-electron chi connectivity index (χ1n) is 8.86. The Kier molecular flexibility index (Phi) is 8.13. The first-order chi connectivity index (χ1) is 9.43. The van der Waals surface area contributed by atoms with Gasteiger partial charge in [-0.1, -0.05) is 27.7 Å². The summed E-state index contributed by atoms with van der Waals surface area (Å²) in [5.41, 5.74) is 0. The van der Waals surface area contributed by atoms with Crippen LogP contribution in [-0.4, -0.2) is 49.1 Å². The van der Waals surface area contributed by atoms with Crippen LogP contribution in [0, 0.1) is 17.8 Å². The summed E-state index contributed by atoms with van der Waals surface area (Å²) in [5, 5.41) is 0. The van der Waals surface area contributed by atoms with Crippen LogP contribution < -0.4 is 0 Å². The van der Waals surface area contributed by atoms with Gasteiger partial charge in [0.15, 0.2) is 0 Å². The first-order valence-corrected chi connectivity index (χ1v) is 8.86. The zero-order valence-corrected chi connectivity index (χ0v) is 14.9. The summed E-state index contributed by atoms with van der Waals surface area (Å²) < 4.78 is 0. The Morgan fingerprint density at radius 1 is 1.15 bits per heavy atom. The second-order valence-corrected chi connectivity index (χ2v) is 7.51. The van der Waals surface area contributed by atoms with Crippen molar-refractivity contribution in [3.8, 4) is 0 Å². The minimum Gasteiger partial charge on any atom is -0.304 e. The van der Waals surface area contributed by atoms with Crippen molar-refractivity contribution in [2.75, 3.05) is 33.2 Å².